The fraction of sp³-hybridized carbons (Fsp3) is 0.562. The van der Waals surface area contributed by atoms with E-state index in [0.29, 0.717) is 12.5 Å². The highest BCUT2D eigenvalue weighted by molar-refractivity contribution is 6.30. The molecule has 1 aromatic carbocycles. The highest BCUT2D eigenvalue weighted by Gasteiger charge is 2.22. The van der Waals surface area contributed by atoms with Crippen molar-refractivity contribution >= 4 is 17.6 Å². The van der Waals surface area contributed by atoms with Crippen LogP contribution in [0.1, 0.15) is 25.5 Å². The number of hydrogen-bond donors (Lipinski definition) is 2. The van der Waals surface area contributed by atoms with Gasteiger partial charge in [0.15, 0.2) is 5.96 Å². The van der Waals surface area contributed by atoms with Gasteiger partial charge in [0.05, 0.1) is 25.8 Å². The van der Waals surface area contributed by atoms with Gasteiger partial charge in [-0.1, -0.05) is 23.7 Å². The maximum absolute atomic E-state index is 6.14. The fourth-order valence-corrected chi connectivity index (χ4v) is 2.76. The lowest BCUT2D eigenvalue weighted by Crippen LogP contribution is -2.41. The van der Waals surface area contributed by atoms with Gasteiger partial charge in [-0.15, -0.1) is 0 Å². The molecule has 1 unspecified atom stereocenters. The predicted octanol–water partition coefficient (Wildman–Crippen LogP) is 2.03. The molecule has 1 fully saturated rings. The van der Waals surface area contributed by atoms with Gasteiger partial charge in [0, 0.05) is 24.2 Å². The highest BCUT2D eigenvalue weighted by atomic mass is 35.5. The third-order valence-electron chi connectivity index (χ3n) is 3.59. The highest BCUT2D eigenvalue weighted by Crippen LogP contribution is 2.24. The second-order valence-corrected chi connectivity index (χ2v) is 6.18. The van der Waals surface area contributed by atoms with E-state index in [0.717, 1.165) is 36.9 Å². The number of nitrogens with two attached hydrogens (primary N) is 1. The molecule has 5 nitrogen and oxygen atoms in total. The van der Waals surface area contributed by atoms with Crippen molar-refractivity contribution in [2.24, 2.45) is 10.7 Å². The minimum atomic E-state index is 0.162. The average Bonchev–Trinajstić information content (AvgIpc) is 2.48. The Morgan fingerprint density at radius 2 is 2.14 bits per heavy atom. The first-order valence-electron chi connectivity index (χ1n) is 7.70. The van der Waals surface area contributed by atoms with Crippen molar-refractivity contribution in [3.05, 3.63) is 34.9 Å². The normalized spacial score (nSPS) is 18.5. The van der Waals surface area contributed by atoms with Crippen LogP contribution in [-0.4, -0.2) is 49.7 Å². The lowest BCUT2D eigenvalue weighted by Gasteiger charge is -2.34. The van der Waals surface area contributed by atoms with Crippen molar-refractivity contribution in [3.8, 4) is 0 Å². The van der Waals surface area contributed by atoms with Crippen molar-refractivity contribution in [1.82, 2.24) is 10.2 Å². The number of nitrogens with one attached hydrogen (secondary N) is 1. The number of aliphatic imine (C=N–C) groups is 1. The summed E-state index contributed by atoms with van der Waals surface area (Å²) in [5, 5.41) is 3.87. The van der Waals surface area contributed by atoms with Gasteiger partial charge in [0.25, 0.3) is 0 Å². The van der Waals surface area contributed by atoms with Gasteiger partial charge < -0.3 is 15.8 Å². The van der Waals surface area contributed by atoms with Crippen LogP contribution in [0, 0.1) is 0 Å². The van der Waals surface area contributed by atoms with Crippen molar-refractivity contribution < 1.29 is 4.74 Å². The van der Waals surface area contributed by atoms with Crippen LogP contribution in [0.25, 0.3) is 0 Å². The largest absolute Gasteiger partial charge is 0.379 e. The lowest BCUT2D eigenvalue weighted by molar-refractivity contribution is 0.0180. The van der Waals surface area contributed by atoms with E-state index in [9.17, 15) is 0 Å². The van der Waals surface area contributed by atoms with E-state index < -0.39 is 0 Å². The zero-order valence-electron chi connectivity index (χ0n) is 13.3. The molecule has 1 atom stereocenters. The van der Waals surface area contributed by atoms with Gasteiger partial charge in [-0.05, 0) is 31.5 Å². The van der Waals surface area contributed by atoms with Crippen LogP contribution >= 0.6 is 11.6 Å². The van der Waals surface area contributed by atoms with Crippen LogP contribution in [-0.2, 0) is 4.74 Å². The molecule has 22 heavy (non-hydrogen) atoms. The number of benzene rings is 1. The van der Waals surface area contributed by atoms with Gasteiger partial charge in [-0.2, -0.15) is 0 Å². The van der Waals surface area contributed by atoms with Crippen LogP contribution < -0.4 is 11.1 Å². The molecule has 2 rings (SSSR count). The fourth-order valence-electron chi connectivity index (χ4n) is 2.56. The summed E-state index contributed by atoms with van der Waals surface area (Å²) in [6.45, 7) is 7.97. The van der Waals surface area contributed by atoms with Crippen LogP contribution in [0.4, 0.5) is 0 Å². The van der Waals surface area contributed by atoms with Crippen molar-refractivity contribution in [2.75, 3.05) is 32.8 Å². The summed E-state index contributed by atoms with van der Waals surface area (Å²) in [5.74, 6) is 0.482. The van der Waals surface area contributed by atoms with E-state index in [4.69, 9.17) is 22.1 Å². The Bertz CT molecular complexity index is 501. The van der Waals surface area contributed by atoms with E-state index in [1.54, 1.807) is 0 Å². The van der Waals surface area contributed by atoms with E-state index in [2.05, 4.69) is 21.3 Å². The smallest absolute Gasteiger partial charge is 0.188 e. The number of morpholine rings is 1. The van der Waals surface area contributed by atoms with Crippen LogP contribution in [0.3, 0.4) is 0 Å². The Labute approximate surface area is 137 Å². The molecule has 1 saturated heterocycles. The van der Waals surface area contributed by atoms with Crippen molar-refractivity contribution in [2.45, 2.75) is 25.9 Å². The number of nitrogens with zero attached hydrogens (tertiary/aromatic N) is 2. The first kappa shape index (κ1) is 17.1. The zero-order valence-corrected chi connectivity index (χ0v) is 14.0. The predicted molar refractivity (Wildman–Crippen MR) is 91.3 cm³/mol. The molecule has 0 aromatic heterocycles. The average molecular weight is 325 g/mol. The summed E-state index contributed by atoms with van der Waals surface area (Å²) >= 11 is 6.14. The topological polar surface area (TPSA) is 62.9 Å². The van der Waals surface area contributed by atoms with Gasteiger partial charge in [-0.3, -0.25) is 9.89 Å². The van der Waals surface area contributed by atoms with Crippen LogP contribution in [0.2, 0.25) is 5.02 Å². The molecule has 1 aliphatic heterocycles. The minimum absolute atomic E-state index is 0.162. The Hall–Kier alpha value is -1.30. The Kier molecular flexibility index (Phi) is 6.49. The zero-order chi connectivity index (χ0) is 15.9. The first-order chi connectivity index (χ1) is 10.6. The van der Waals surface area contributed by atoms with E-state index in [1.807, 2.05) is 32.0 Å². The lowest BCUT2D eigenvalue weighted by atomic mass is 10.0. The number of guanidine groups is 1. The first-order valence-corrected chi connectivity index (χ1v) is 8.08. The summed E-state index contributed by atoms with van der Waals surface area (Å²) in [5.41, 5.74) is 7.09. The van der Waals surface area contributed by atoms with Gasteiger partial charge in [-0.25, -0.2) is 0 Å². The van der Waals surface area contributed by atoms with Gasteiger partial charge in [0.2, 0.25) is 0 Å². The minimum Gasteiger partial charge on any atom is -0.379 e. The Morgan fingerprint density at radius 1 is 1.41 bits per heavy atom. The maximum Gasteiger partial charge on any atom is 0.188 e. The number of halogens is 1. The summed E-state index contributed by atoms with van der Waals surface area (Å²) in [7, 11) is 0. The monoisotopic (exact) mass is 324 g/mol. The SMILES string of the molecule is CC(C)NC(N)=NCC(c1cccc(Cl)c1)N1CCOCC1. The quantitative estimate of drug-likeness (QED) is 0.642. The number of ether oxygens (including phenoxy) is 1. The standard InChI is InChI=1S/C16H25ClN4O/c1-12(2)20-16(18)19-11-15(21-6-8-22-9-7-21)13-4-3-5-14(17)10-13/h3-5,10,12,15H,6-9,11H2,1-2H3,(H3,18,19,20). The number of hydrogen-bond acceptors (Lipinski definition) is 3. The molecular formula is C16H25ClN4O. The molecule has 1 heterocycles. The molecular weight excluding hydrogens is 300 g/mol. The summed E-state index contributed by atoms with van der Waals surface area (Å²) in [6.07, 6.45) is 0. The Balaban J connectivity index is 2.14. The van der Waals surface area contributed by atoms with Crippen molar-refractivity contribution in [3.63, 3.8) is 0 Å². The number of rotatable bonds is 5. The van der Waals surface area contributed by atoms with Crippen LogP contribution in [0.5, 0.6) is 0 Å². The second-order valence-electron chi connectivity index (χ2n) is 5.74. The van der Waals surface area contributed by atoms with Crippen LogP contribution in [0.15, 0.2) is 29.3 Å². The molecule has 0 radical (unpaired) electrons. The van der Waals surface area contributed by atoms with Gasteiger partial charge >= 0.3 is 0 Å². The molecule has 1 aromatic rings. The molecule has 0 amide bonds. The summed E-state index contributed by atoms with van der Waals surface area (Å²) < 4.78 is 5.45. The molecule has 0 bridgehead atoms. The molecule has 3 N–H and O–H groups in total. The van der Waals surface area contributed by atoms with Gasteiger partial charge in [0.1, 0.15) is 0 Å². The third kappa shape index (κ3) is 5.16. The van der Waals surface area contributed by atoms with Crippen molar-refractivity contribution in [1.29, 1.82) is 0 Å². The second kappa shape index (κ2) is 8.36. The molecule has 1 aliphatic rings. The molecule has 122 valence electrons. The van der Waals surface area contributed by atoms with E-state index in [-0.39, 0.29) is 12.1 Å². The molecule has 6 heteroatoms. The van der Waals surface area contributed by atoms with E-state index in [1.165, 1.54) is 0 Å². The summed E-state index contributed by atoms with van der Waals surface area (Å²) in [4.78, 5) is 6.88. The maximum atomic E-state index is 6.14. The third-order valence-corrected chi connectivity index (χ3v) is 3.83. The molecule has 0 spiro atoms. The summed E-state index contributed by atoms with van der Waals surface area (Å²) in [6, 6.07) is 8.40. The van der Waals surface area contributed by atoms with E-state index >= 15 is 0 Å². The molecule has 0 saturated carbocycles. The molecule has 0 aliphatic carbocycles. The Morgan fingerprint density at radius 3 is 2.77 bits per heavy atom.